The van der Waals surface area contributed by atoms with Crippen molar-refractivity contribution < 1.29 is 9.21 Å². The van der Waals surface area contributed by atoms with Gasteiger partial charge in [0.1, 0.15) is 5.52 Å². The first-order valence-electron chi connectivity index (χ1n) is 10.2. The van der Waals surface area contributed by atoms with E-state index in [1.165, 1.54) is 0 Å². The Bertz CT molecular complexity index is 746. The molecule has 4 rings (SSSR count). The van der Waals surface area contributed by atoms with Crippen LogP contribution in [0.4, 0.5) is 6.01 Å². The molecule has 0 radical (unpaired) electrons. The Kier molecular flexibility index (Phi) is 5.34. The number of oxazole rings is 1. The van der Waals surface area contributed by atoms with E-state index >= 15 is 0 Å². The second-order valence-corrected chi connectivity index (χ2v) is 8.18. The predicted octanol–water partition coefficient (Wildman–Crippen LogP) is 3.03. The van der Waals surface area contributed by atoms with Crippen LogP contribution in [0.3, 0.4) is 0 Å². The van der Waals surface area contributed by atoms with Crippen molar-refractivity contribution in [3.05, 3.63) is 24.3 Å². The second-order valence-electron chi connectivity index (χ2n) is 8.18. The van der Waals surface area contributed by atoms with Crippen LogP contribution >= 0.6 is 0 Å². The topological polar surface area (TPSA) is 61.6 Å². The normalized spacial score (nSPS) is 22.5. The molecule has 6 heteroatoms. The van der Waals surface area contributed by atoms with Gasteiger partial charge in [0.15, 0.2) is 5.58 Å². The summed E-state index contributed by atoms with van der Waals surface area (Å²) < 4.78 is 5.92. The van der Waals surface area contributed by atoms with E-state index in [4.69, 9.17) is 4.42 Å². The summed E-state index contributed by atoms with van der Waals surface area (Å²) in [6.45, 7) is 7.97. The van der Waals surface area contributed by atoms with Crippen LogP contribution in [0.15, 0.2) is 28.7 Å². The molecule has 0 bridgehead atoms. The number of carbonyl (C=O) groups excluding carboxylic acids is 1. The third-order valence-corrected chi connectivity index (χ3v) is 5.79. The fraction of sp³-hybridized carbons (Fsp3) is 0.619. The third kappa shape index (κ3) is 4.10. The fourth-order valence-corrected chi connectivity index (χ4v) is 4.37. The van der Waals surface area contributed by atoms with E-state index in [1.807, 2.05) is 38.1 Å². The monoisotopic (exact) mass is 370 g/mol. The molecule has 2 aromatic rings. The number of anilines is 1. The van der Waals surface area contributed by atoms with Gasteiger partial charge in [-0.1, -0.05) is 12.1 Å². The quantitative estimate of drug-likeness (QED) is 0.896. The Morgan fingerprint density at radius 1 is 1.19 bits per heavy atom. The molecule has 1 atom stereocenters. The first-order valence-corrected chi connectivity index (χ1v) is 10.2. The Hall–Kier alpha value is -2.08. The number of hydrogen-bond acceptors (Lipinski definition) is 5. The van der Waals surface area contributed by atoms with Crippen LogP contribution in [-0.2, 0) is 4.79 Å². The van der Waals surface area contributed by atoms with Crippen molar-refractivity contribution in [1.82, 2.24) is 15.2 Å². The summed E-state index contributed by atoms with van der Waals surface area (Å²) in [5.41, 5.74) is 1.77. The van der Waals surface area contributed by atoms with Gasteiger partial charge in [-0.25, -0.2) is 0 Å². The number of rotatable bonds is 4. The van der Waals surface area contributed by atoms with Crippen molar-refractivity contribution in [3.63, 3.8) is 0 Å². The van der Waals surface area contributed by atoms with Gasteiger partial charge in [0.05, 0.1) is 5.92 Å². The molecule has 2 saturated heterocycles. The maximum absolute atomic E-state index is 12.4. The highest BCUT2D eigenvalue weighted by atomic mass is 16.4. The number of piperidine rings is 2. The maximum Gasteiger partial charge on any atom is 0.298 e. The van der Waals surface area contributed by atoms with Crippen LogP contribution in [0.2, 0.25) is 0 Å². The van der Waals surface area contributed by atoms with Gasteiger partial charge < -0.3 is 14.6 Å². The van der Waals surface area contributed by atoms with Crippen LogP contribution in [0.5, 0.6) is 0 Å². The molecule has 2 aliphatic rings. The van der Waals surface area contributed by atoms with E-state index in [1.54, 1.807) is 0 Å². The number of amides is 1. The first kappa shape index (κ1) is 18.3. The molecule has 6 nitrogen and oxygen atoms in total. The number of nitrogens with one attached hydrogen (secondary N) is 1. The van der Waals surface area contributed by atoms with Gasteiger partial charge in [0, 0.05) is 31.7 Å². The van der Waals surface area contributed by atoms with Crippen LogP contribution in [0, 0.1) is 5.92 Å². The summed E-state index contributed by atoms with van der Waals surface area (Å²) in [5.74, 6) is 0.356. The molecule has 0 spiro atoms. The summed E-state index contributed by atoms with van der Waals surface area (Å²) in [4.78, 5) is 21.8. The lowest BCUT2D eigenvalue weighted by molar-refractivity contribution is -0.127. The summed E-state index contributed by atoms with van der Waals surface area (Å²) >= 11 is 0. The molecule has 1 unspecified atom stereocenters. The molecule has 146 valence electrons. The van der Waals surface area contributed by atoms with Crippen molar-refractivity contribution in [2.24, 2.45) is 5.92 Å². The highest BCUT2D eigenvalue weighted by Crippen LogP contribution is 2.28. The minimum atomic E-state index is 0.135. The van der Waals surface area contributed by atoms with Crippen LogP contribution < -0.4 is 10.2 Å². The summed E-state index contributed by atoms with van der Waals surface area (Å²) in [6, 6.07) is 9.43. The average molecular weight is 370 g/mol. The molecule has 27 heavy (non-hydrogen) atoms. The largest absolute Gasteiger partial charge is 0.423 e. The standard InChI is InChI=1S/C21H30N4O2/c1-15(2)22-20(26)16-6-5-11-25(14-16)17-9-12-24(13-10-17)21-23-18-7-3-4-8-19(18)27-21/h3-4,7-8,15-17H,5-6,9-14H2,1-2H3,(H,22,26). The predicted molar refractivity (Wildman–Crippen MR) is 107 cm³/mol. The Balaban J connectivity index is 1.34. The fourth-order valence-electron chi connectivity index (χ4n) is 4.37. The molecular weight excluding hydrogens is 340 g/mol. The number of fused-ring (bicyclic) bond motifs is 1. The molecule has 0 saturated carbocycles. The average Bonchev–Trinajstić information content (AvgIpc) is 3.12. The summed E-state index contributed by atoms with van der Waals surface area (Å²) in [6.07, 6.45) is 4.31. The molecule has 1 amide bonds. The van der Waals surface area contributed by atoms with Gasteiger partial charge in [-0.15, -0.1) is 0 Å². The van der Waals surface area contributed by atoms with Gasteiger partial charge in [0.25, 0.3) is 6.01 Å². The Labute approximate surface area is 160 Å². The smallest absolute Gasteiger partial charge is 0.298 e. The number of aromatic nitrogens is 1. The zero-order chi connectivity index (χ0) is 18.8. The van der Waals surface area contributed by atoms with Crippen molar-refractivity contribution >= 4 is 23.0 Å². The number of likely N-dealkylation sites (tertiary alicyclic amines) is 1. The first-order chi connectivity index (χ1) is 13.1. The van der Waals surface area contributed by atoms with Crippen LogP contribution in [-0.4, -0.2) is 54.1 Å². The zero-order valence-corrected chi connectivity index (χ0v) is 16.4. The Morgan fingerprint density at radius 3 is 2.70 bits per heavy atom. The molecule has 1 aromatic heterocycles. The minimum absolute atomic E-state index is 0.135. The van der Waals surface area contributed by atoms with Crippen molar-refractivity contribution in [2.75, 3.05) is 31.1 Å². The summed E-state index contributed by atoms with van der Waals surface area (Å²) in [7, 11) is 0. The number of nitrogens with zero attached hydrogens (tertiary/aromatic N) is 3. The van der Waals surface area contributed by atoms with Crippen LogP contribution in [0.1, 0.15) is 39.5 Å². The lowest BCUT2D eigenvalue weighted by atomic mass is 9.93. The summed E-state index contributed by atoms with van der Waals surface area (Å²) in [5, 5.41) is 3.08. The van der Waals surface area contributed by atoms with Gasteiger partial charge in [0.2, 0.25) is 5.91 Å². The molecule has 1 N–H and O–H groups in total. The van der Waals surface area contributed by atoms with Crippen LogP contribution in [0.25, 0.3) is 11.1 Å². The van der Waals surface area contributed by atoms with E-state index in [0.29, 0.717) is 6.04 Å². The highest BCUT2D eigenvalue weighted by molar-refractivity contribution is 5.79. The number of carbonyl (C=O) groups is 1. The molecule has 3 heterocycles. The molecule has 0 aliphatic carbocycles. The van der Waals surface area contributed by atoms with E-state index in [2.05, 4.69) is 20.1 Å². The van der Waals surface area contributed by atoms with E-state index < -0.39 is 0 Å². The van der Waals surface area contributed by atoms with Gasteiger partial charge in [-0.2, -0.15) is 4.98 Å². The van der Waals surface area contributed by atoms with E-state index in [9.17, 15) is 4.79 Å². The van der Waals surface area contributed by atoms with E-state index in [0.717, 1.165) is 69.0 Å². The molecule has 2 fully saturated rings. The van der Waals surface area contributed by atoms with Crippen molar-refractivity contribution in [3.8, 4) is 0 Å². The van der Waals surface area contributed by atoms with Gasteiger partial charge in [-0.3, -0.25) is 9.69 Å². The lowest BCUT2D eigenvalue weighted by Gasteiger charge is -2.41. The minimum Gasteiger partial charge on any atom is -0.423 e. The molecule has 1 aromatic carbocycles. The lowest BCUT2D eigenvalue weighted by Crippen LogP contribution is -2.51. The highest BCUT2D eigenvalue weighted by Gasteiger charge is 2.32. The number of para-hydroxylation sites is 2. The number of hydrogen-bond donors (Lipinski definition) is 1. The van der Waals surface area contributed by atoms with Crippen molar-refractivity contribution in [2.45, 2.75) is 51.6 Å². The molecular formula is C21H30N4O2. The third-order valence-electron chi connectivity index (χ3n) is 5.79. The SMILES string of the molecule is CC(C)NC(=O)C1CCCN(C2CCN(c3nc4ccccc4o3)CC2)C1. The van der Waals surface area contributed by atoms with E-state index in [-0.39, 0.29) is 17.9 Å². The van der Waals surface area contributed by atoms with Gasteiger partial charge in [-0.05, 0) is 58.2 Å². The second kappa shape index (κ2) is 7.89. The maximum atomic E-state index is 12.4. The van der Waals surface area contributed by atoms with Crippen molar-refractivity contribution in [1.29, 1.82) is 0 Å². The zero-order valence-electron chi connectivity index (χ0n) is 16.4. The van der Waals surface area contributed by atoms with Gasteiger partial charge >= 0.3 is 0 Å². The molecule has 2 aliphatic heterocycles. The number of benzene rings is 1. The Morgan fingerprint density at radius 2 is 1.96 bits per heavy atom.